The van der Waals surface area contributed by atoms with Gasteiger partial charge in [0.2, 0.25) is 0 Å². The first kappa shape index (κ1) is 22.3. The molecule has 33 heavy (non-hydrogen) atoms. The van der Waals surface area contributed by atoms with Crippen molar-refractivity contribution >= 4 is 28.2 Å². The molecule has 168 valence electrons. The summed E-state index contributed by atoms with van der Waals surface area (Å²) in [5.74, 6) is 0.486. The highest BCUT2D eigenvalue weighted by atomic mass is 16.7. The summed E-state index contributed by atoms with van der Waals surface area (Å²) in [5.41, 5.74) is 10.4. The molecule has 1 heterocycles. The van der Waals surface area contributed by atoms with Crippen LogP contribution in [0.1, 0.15) is 21.5 Å². The fraction of sp³-hybridized carbons (Fsp3) is 0.154. The van der Waals surface area contributed by atoms with Gasteiger partial charge in [-0.3, -0.25) is 9.78 Å². The average molecular weight is 444 g/mol. The number of ether oxygens (including phenoxy) is 3. The van der Waals surface area contributed by atoms with Crippen LogP contribution in [-0.4, -0.2) is 24.8 Å². The molecule has 0 unspecified atom stereocenters. The topological polar surface area (TPSA) is 95.7 Å². The molecule has 0 bridgehead atoms. The highest BCUT2D eigenvalue weighted by Gasteiger charge is 2.12. The Labute approximate surface area is 192 Å². The van der Waals surface area contributed by atoms with Gasteiger partial charge in [0.25, 0.3) is 5.91 Å². The van der Waals surface area contributed by atoms with Crippen LogP contribution in [0.4, 0.5) is 11.4 Å². The van der Waals surface area contributed by atoms with Crippen LogP contribution in [0.25, 0.3) is 10.9 Å². The van der Waals surface area contributed by atoms with E-state index < -0.39 is 0 Å². The zero-order chi connectivity index (χ0) is 23.0. The highest BCUT2D eigenvalue weighted by Crippen LogP contribution is 2.24. The molecule has 0 atom stereocenters. The second-order valence-corrected chi connectivity index (χ2v) is 7.43. The summed E-state index contributed by atoms with van der Waals surface area (Å²) in [6.07, 6.45) is 1.66. The zero-order valence-corrected chi connectivity index (χ0v) is 18.3. The Balaban J connectivity index is 1.43. The number of methoxy groups -OCH3 is 1. The first-order chi connectivity index (χ1) is 16.1. The van der Waals surface area contributed by atoms with Crippen LogP contribution in [-0.2, 0) is 22.7 Å². The van der Waals surface area contributed by atoms with Gasteiger partial charge in [-0.1, -0.05) is 30.3 Å². The van der Waals surface area contributed by atoms with E-state index in [1.165, 1.54) is 0 Å². The van der Waals surface area contributed by atoms with E-state index in [2.05, 4.69) is 10.3 Å². The summed E-state index contributed by atoms with van der Waals surface area (Å²) in [6.45, 7) is 0.978. The van der Waals surface area contributed by atoms with Gasteiger partial charge in [0.15, 0.2) is 0 Å². The number of pyridine rings is 1. The molecule has 7 heteroatoms. The van der Waals surface area contributed by atoms with Crippen molar-refractivity contribution in [3.05, 3.63) is 95.7 Å². The normalized spacial score (nSPS) is 10.8. The summed E-state index contributed by atoms with van der Waals surface area (Å²) < 4.78 is 16.1. The standard InChI is InChI=1S/C26H25N3O4/c1-31-17-32-15-18-6-9-21(10-7-18)33-16-19-4-2-3-5-22(19)26(30)29-20-8-11-25-23(14-20)24(27)12-13-28-25/h2-14H,15-17H2,1H3,(H2,27,28)(H,29,30). The SMILES string of the molecule is COCOCc1ccc(OCc2ccccc2C(=O)Nc2ccc3nccc(N)c3c2)cc1. The number of nitrogens with zero attached hydrogens (tertiary/aromatic N) is 1. The van der Waals surface area contributed by atoms with E-state index in [1.807, 2.05) is 60.7 Å². The van der Waals surface area contributed by atoms with Gasteiger partial charge in [0.1, 0.15) is 19.1 Å². The van der Waals surface area contributed by atoms with Gasteiger partial charge in [-0.05, 0) is 48.0 Å². The Morgan fingerprint density at radius 1 is 1.00 bits per heavy atom. The maximum absolute atomic E-state index is 13.0. The number of hydrogen-bond donors (Lipinski definition) is 2. The third-order valence-corrected chi connectivity index (χ3v) is 5.08. The van der Waals surface area contributed by atoms with Gasteiger partial charge < -0.3 is 25.3 Å². The van der Waals surface area contributed by atoms with Crippen molar-refractivity contribution in [3.8, 4) is 5.75 Å². The Morgan fingerprint density at radius 3 is 2.64 bits per heavy atom. The van der Waals surface area contributed by atoms with Crippen LogP contribution in [0.3, 0.4) is 0 Å². The maximum Gasteiger partial charge on any atom is 0.256 e. The van der Waals surface area contributed by atoms with Crippen molar-refractivity contribution < 1.29 is 19.0 Å². The number of fused-ring (bicyclic) bond motifs is 1. The lowest BCUT2D eigenvalue weighted by atomic mass is 10.1. The number of carbonyl (C=O) groups excluding carboxylic acids is 1. The van der Waals surface area contributed by atoms with E-state index in [1.54, 1.807) is 25.4 Å². The van der Waals surface area contributed by atoms with E-state index in [4.69, 9.17) is 19.9 Å². The quantitative estimate of drug-likeness (QED) is 0.286. The number of aromatic nitrogens is 1. The molecule has 0 radical (unpaired) electrons. The molecule has 0 saturated carbocycles. The Morgan fingerprint density at radius 2 is 1.82 bits per heavy atom. The second kappa shape index (κ2) is 10.6. The summed E-state index contributed by atoms with van der Waals surface area (Å²) >= 11 is 0. The van der Waals surface area contributed by atoms with Gasteiger partial charge in [-0.15, -0.1) is 0 Å². The molecule has 0 spiro atoms. The van der Waals surface area contributed by atoms with Crippen molar-refractivity contribution in [2.45, 2.75) is 13.2 Å². The summed E-state index contributed by atoms with van der Waals surface area (Å²) in [7, 11) is 1.59. The molecular formula is C26H25N3O4. The van der Waals surface area contributed by atoms with Crippen LogP contribution in [0.2, 0.25) is 0 Å². The number of carbonyl (C=O) groups is 1. The molecule has 4 aromatic rings. The van der Waals surface area contributed by atoms with Crippen molar-refractivity contribution in [3.63, 3.8) is 0 Å². The van der Waals surface area contributed by atoms with Gasteiger partial charge >= 0.3 is 0 Å². The number of hydrogen-bond acceptors (Lipinski definition) is 6. The van der Waals surface area contributed by atoms with Gasteiger partial charge in [-0.2, -0.15) is 0 Å². The smallest absolute Gasteiger partial charge is 0.256 e. The number of amides is 1. The minimum Gasteiger partial charge on any atom is -0.489 e. The third-order valence-electron chi connectivity index (χ3n) is 5.08. The summed E-state index contributed by atoms with van der Waals surface area (Å²) in [5, 5.41) is 3.74. The average Bonchev–Trinajstić information content (AvgIpc) is 2.84. The van der Waals surface area contributed by atoms with Gasteiger partial charge in [0.05, 0.1) is 12.1 Å². The van der Waals surface area contributed by atoms with E-state index in [0.717, 1.165) is 22.0 Å². The number of nitrogens with one attached hydrogen (secondary N) is 1. The molecule has 7 nitrogen and oxygen atoms in total. The van der Waals surface area contributed by atoms with E-state index in [0.29, 0.717) is 29.3 Å². The summed E-state index contributed by atoms with van der Waals surface area (Å²) in [4.78, 5) is 17.3. The molecular weight excluding hydrogens is 418 g/mol. The second-order valence-electron chi connectivity index (χ2n) is 7.43. The molecule has 0 aliphatic rings. The molecule has 1 amide bonds. The minimum atomic E-state index is -0.221. The van der Waals surface area contributed by atoms with Crippen molar-refractivity contribution in [2.24, 2.45) is 0 Å². The number of rotatable bonds is 9. The predicted octanol–water partition coefficient (Wildman–Crippen LogP) is 4.77. The molecule has 0 aliphatic heterocycles. The maximum atomic E-state index is 13.0. The number of nitrogens with two attached hydrogens (primary N) is 1. The largest absolute Gasteiger partial charge is 0.489 e. The van der Waals surface area contributed by atoms with Crippen LogP contribution in [0.5, 0.6) is 5.75 Å². The number of anilines is 2. The predicted molar refractivity (Wildman–Crippen MR) is 128 cm³/mol. The first-order valence-electron chi connectivity index (χ1n) is 10.5. The highest BCUT2D eigenvalue weighted by molar-refractivity contribution is 6.06. The molecule has 0 fully saturated rings. The molecule has 3 aromatic carbocycles. The fourth-order valence-corrected chi connectivity index (χ4v) is 3.40. The third kappa shape index (κ3) is 5.65. The molecule has 3 N–H and O–H groups in total. The fourth-order valence-electron chi connectivity index (χ4n) is 3.40. The van der Waals surface area contributed by atoms with E-state index >= 15 is 0 Å². The van der Waals surface area contributed by atoms with E-state index in [-0.39, 0.29) is 19.3 Å². The van der Waals surface area contributed by atoms with Crippen LogP contribution in [0, 0.1) is 0 Å². The van der Waals surface area contributed by atoms with E-state index in [9.17, 15) is 4.79 Å². The van der Waals surface area contributed by atoms with Crippen LogP contribution < -0.4 is 15.8 Å². The van der Waals surface area contributed by atoms with Crippen molar-refractivity contribution in [2.75, 3.05) is 25.0 Å². The van der Waals surface area contributed by atoms with Crippen molar-refractivity contribution in [1.29, 1.82) is 0 Å². The molecule has 1 aromatic heterocycles. The Bertz CT molecular complexity index is 1240. The molecule has 4 rings (SSSR count). The van der Waals surface area contributed by atoms with Crippen LogP contribution in [0.15, 0.2) is 79.0 Å². The van der Waals surface area contributed by atoms with Gasteiger partial charge in [-0.25, -0.2) is 0 Å². The summed E-state index contributed by atoms with van der Waals surface area (Å²) in [6, 6.07) is 22.2. The zero-order valence-electron chi connectivity index (χ0n) is 18.3. The van der Waals surface area contributed by atoms with Crippen molar-refractivity contribution in [1.82, 2.24) is 4.98 Å². The number of benzene rings is 3. The molecule has 0 saturated heterocycles. The lowest BCUT2D eigenvalue weighted by Crippen LogP contribution is -2.15. The Hall–Kier alpha value is -3.94. The molecule has 0 aliphatic carbocycles. The lowest BCUT2D eigenvalue weighted by molar-refractivity contribution is -0.0390. The van der Waals surface area contributed by atoms with Crippen LogP contribution >= 0.6 is 0 Å². The minimum absolute atomic E-state index is 0.221. The van der Waals surface area contributed by atoms with Gasteiger partial charge in [0, 0.05) is 41.2 Å². The lowest BCUT2D eigenvalue weighted by Gasteiger charge is -2.12. The first-order valence-corrected chi connectivity index (χ1v) is 10.5. The Kier molecular flexibility index (Phi) is 7.14. The number of nitrogen functional groups attached to an aromatic ring is 1. The monoisotopic (exact) mass is 443 g/mol.